The minimum absolute atomic E-state index is 0.258. The van der Waals surface area contributed by atoms with Gasteiger partial charge in [-0.2, -0.15) is 0 Å². The molecule has 0 saturated carbocycles. The molecule has 0 bridgehead atoms. The van der Waals surface area contributed by atoms with Crippen LogP contribution >= 0.6 is 0 Å². The second-order valence-electron chi connectivity index (χ2n) is 4.71. The Morgan fingerprint density at radius 1 is 1.18 bits per heavy atom. The highest BCUT2D eigenvalue weighted by Crippen LogP contribution is 2.18. The molecule has 1 aromatic carbocycles. The second-order valence-corrected chi connectivity index (χ2v) is 4.71. The van der Waals surface area contributed by atoms with Crippen LogP contribution in [0.2, 0.25) is 0 Å². The van der Waals surface area contributed by atoms with Gasteiger partial charge >= 0.3 is 0 Å². The summed E-state index contributed by atoms with van der Waals surface area (Å²) in [4.78, 5) is 2.10. The zero-order valence-corrected chi connectivity index (χ0v) is 11.5. The van der Waals surface area contributed by atoms with E-state index in [1.165, 1.54) is 11.3 Å². The summed E-state index contributed by atoms with van der Waals surface area (Å²) < 4.78 is 5.65. The van der Waals surface area contributed by atoms with E-state index in [4.69, 9.17) is 4.74 Å². The number of nitrogens with zero attached hydrogens (tertiary/aromatic N) is 1. The number of likely N-dealkylation sites (N-methyl/N-ethyl adjacent to an activating group) is 1. The third-order valence-corrected chi connectivity index (χ3v) is 2.76. The highest BCUT2D eigenvalue weighted by Gasteiger charge is 2.10. The second kappa shape index (κ2) is 6.62. The van der Waals surface area contributed by atoms with Crippen molar-refractivity contribution in [3.8, 4) is 0 Å². The smallest absolute Gasteiger partial charge is 0.0664 e. The van der Waals surface area contributed by atoms with Crippen LogP contribution in [0.1, 0.15) is 25.5 Å². The van der Waals surface area contributed by atoms with E-state index >= 15 is 0 Å². The maximum atomic E-state index is 5.65. The van der Waals surface area contributed by atoms with Crippen molar-refractivity contribution in [2.24, 2.45) is 0 Å². The molecular weight excluding hydrogens is 212 g/mol. The zero-order chi connectivity index (χ0) is 12.8. The van der Waals surface area contributed by atoms with Crippen LogP contribution in [-0.2, 0) is 4.74 Å². The molecule has 0 aliphatic heterocycles. The predicted octanol–water partition coefficient (Wildman–Crippen LogP) is 2.44. The molecule has 0 heterocycles. The summed E-state index contributed by atoms with van der Waals surface area (Å²) in [5.74, 6) is 0. The van der Waals surface area contributed by atoms with E-state index in [0.717, 1.165) is 0 Å². The summed E-state index contributed by atoms with van der Waals surface area (Å²) in [5, 5.41) is 3.28. The lowest BCUT2D eigenvalue weighted by atomic mass is 10.1. The van der Waals surface area contributed by atoms with Crippen LogP contribution in [0.3, 0.4) is 0 Å². The Hall–Kier alpha value is -1.06. The van der Waals surface area contributed by atoms with Gasteiger partial charge in [-0.05, 0) is 38.6 Å². The Kier molecular flexibility index (Phi) is 5.45. The van der Waals surface area contributed by atoms with Gasteiger partial charge < -0.3 is 15.0 Å². The SMILES string of the molecule is CNC(COC(C)C)c1ccc(N(C)C)cc1. The van der Waals surface area contributed by atoms with Crippen molar-refractivity contribution < 1.29 is 4.74 Å². The molecule has 1 rings (SSSR count). The van der Waals surface area contributed by atoms with Gasteiger partial charge in [-0.25, -0.2) is 0 Å². The van der Waals surface area contributed by atoms with Crippen molar-refractivity contribution in [3.05, 3.63) is 29.8 Å². The molecule has 0 aliphatic rings. The molecule has 1 aromatic rings. The fraction of sp³-hybridized carbons (Fsp3) is 0.571. The van der Waals surface area contributed by atoms with Crippen LogP contribution in [0.15, 0.2) is 24.3 Å². The summed E-state index contributed by atoms with van der Waals surface area (Å²) in [6.45, 7) is 4.82. The van der Waals surface area contributed by atoms with Crippen molar-refractivity contribution in [1.82, 2.24) is 5.32 Å². The molecule has 0 aromatic heterocycles. The van der Waals surface area contributed by atoms with Crippen molar-refractivity contribution >= 4 is 5.69 Å². The van der Waals surface area contributed by atoms with Gasteiger partial charge in [-0.15, -0.1) is 0 Å². The Morgan fingerprint density at radius 2 is 1.76 bits per heavy atom. The van der Waals surface area contributed by atoms with Gasteiger partial charge in [0, 0.05) is 19.8 Å². The Bertz CT molecular complexity index is 319. The third-order valence-electron chi connectivity index (χ3n) is 2.76. The first kappa shape index (κ1) is 14.0. The molecule has 96 valence electrons. The van der Waals surface area contributed by atoms with E-state index in [1.807, 2.05) is 21.1 Å². The first-order valence-corrected chi connectivity index (χ1v) is 6.10. The molecule has 17 heavy (non-hydrogen) atoms. The zero-order valence-electron chi connectivity index (χ0n) is 11.5. The number of anilines is 1. The van der Waals surface area contributed by atoms with Gasteiger partial charge in [0.15, 0.2) is 0 Å². The van der Waals surface area contributed by atoms with Gasteiger partial charge in [0.2, 0.25) is 0 Å². The van der Waals surface area contributed by atoms with E-state index in [0.29, 0.717) is 6.61 Å². The fourth-order valence-corrected chi connectivity index (χ4v) is 1.64. The molecule has 0 fully saturated rings. The lowest BCUT2D eigenvalue weighted by Gasteiger charge is -2.20. The third kappa shape index (κ3) is 4.36. The normalized spacial score (nSPS) is 12.8. The predicted molar refractivity (Wildman–Crippen MR) is 73.7 cm³/mol. The summed E-state index contributed by atoms with van der Waals surface area (Å²) in [6, 6.07) is 8.83. The first-order valence-electron chi connectivity index (χ1n) is 6.10. The van der Waals surface area contributed by atoms with Crippen LogP contribution < -0.4 is 10.2 Å². The van der Waals surface area contributed by atoms with E-state index in [9.17, 15) is 0 Å². The van der Waals surface area contributed by atoms with Crippen LogP contribution in [0.25, 0.3) is 0 Å². The molecule has 1 N–H and O–H groups in total. The maximum absolute atomic E-state index is 5.65. The summed E-state index contributed by atoms with van der Waals surface area (Å²) >= 11 is 0. The van der Waals surface area contributed by atoms with Gasteiger partial charge in [-0.1, -0.05) is 12.1 Å². The quantitative estimate of drug-likeness (QED) is 0.821. The van der Waals surface area contributed by atoms with Gasteiger partial charge in [0.25, 0.3) is 0 Å². The van der Waals surface area contributed by atoms with E-state index in [1.54, 1.807) is 0 Å². The van der Waals surface area contributed by atoms with E-state index < -0.39 is 0 Å². The van der Waals surface area contributed by atoms with Crippen molar-refractivity contribution in [3.63, 3.8) is 0 Å². The highest BCUT2D eigenvalue weighted by molar-refractivity contribution is 5.46. The summed E-state index contributed by atoms with van der Waals surface area (Å²) in [7, 11) is 6.06. The van der Waals surface area contributed by atoms with Crippen LogP contribution in [0.4, 0.5) is 5.69 Å². The number of benzene rings is 1. The largest absolute Gasteiger partial charge is 0.378 e. The average molecular weight is 236 g/mol. The lowest BCUT2D eigenvalue weighted by Crippen LogP contribution is -2.23. The number of rotatable bonds is 6. The molecule has 0 saturated heterocycles. The highest BCUT2D eigenvalue weighted by atomic mass is 16.5. The Labute approximate surface area is 105 Å². The Morgan fingerprint density at radius 3 is 2.18 bits per heavy atom. The minimum atomic E-state index is 0.258. The topological polar surface area (TPSA) is 24.5 Å². The number of hydrogen-bond donors (Lipinski definition) is 1. The van der Waals surface area contributed by atoms with Crippen LogP contribution in [-0.4, -0.2) is 33.9 Å². The van der Waals surface area contributed by atoms with Crippen molar-refractivity contribution in [2.45, 2.75) is 26.0 Å². The summed E-state index contributed by atoms with van der Waals surface area (Å²) in [6.07, 6.45) is 0.270. The minimum Gasteiger partial charge on any atom is -0.378 e. The monoisotopic (exact) mass is 236 g/mol. The first-order chi connectivity index (χ1) is 8.04. The van der Waals surface area contributed by atoms with Crippen molar-refractivity contribution in [2.75, 3.05) is 32.6 Å². The van der Waals surface area contributed by atoms with Gasteiger partial charge in [0.05, 0.1) is 18.8 Å². The van der Waals surface area contributed by atoms with Gasteiger partial charge in [-0.3, -0.25) is 0 Å². The van der Waals surface area contributed by atoms with E-state index in [2.05, 4.69) is 48.3 Å². The van der Waals surface area contributed by atoms with Crippen molar-refractivity contribution in [1.29, 1.82) is 0 Å². The lowest BCUT2D eigenvalue weighted by molar-refractivity contribution is 0.0626. The molecule has 3 nitrogen and oxygen atoms in total. The molecule has 0 spiro atoms. The van der Waals surface area contributed by atoms with E-state index in [-0.39, 0.29) is 12.1 Å². The number of hydrogen-bond acceptors (Lipinski definition) is 3. The molecule has 1 atom stereocenters. The average Bonchev–Trinajstić information content (AvgIpc) is 2.30. The number of nitrogens with one attached hydrogen (secondary N) is 1. The molecule has 0 radical (unpaired) electrons. The summed E-state index contributed by atoms with van der Waals surface area (Å²) in [5.41, 5.74) is 2.48. The molecule has 3 heteroatoms. The standard InChI is InChI=1S/C14H24N2O/c1-11(2)17-10-14(15-3)12-6-8-13(9-7-12)16(4)5/h6-9,11,14-15H,10H2,1-5H3. The maximum Gasteiger partial charge on any atom is 0.0664 e. The Balaban J connectivity index is 2.68. The van der Waals surface area contributed by atoms with Crippen LogP contribution in [0, 0.1) is 0 Å². The van der Waals surface area contributed by atoms with Crippen LogP contribution in [0.5, 0.6) is 0 Å². The number of ether oxygens (including phenoxy) is 1. The molecular formula is C14H24N2O. The molecule has 0 aliphatic carbocycles. The fourth-order valence-electron chi connectivity index (χ4n) is 1.64. The molecule has 1 unspecified atom stereocenters. The van der Waals surface area contributed by atoms with Gasteiger partial charge in [0.1, 0.15) is 0 Å². The molecule has 0 amide bonds.